The van der Waals surface area contributed by atoms with E-state index in [0.29, 0.717) is 101 Å². The van der Waals surface area contributed by atoms with Crippen molar-refractivity contribution in [3.05, 3.63) is 170 Å². The van der Waals surface area contributed by atoms with Crippen LogP contribution >= 0.6 is 0 Å². The van der Waals surface area contributed by atoms with Gasteiger partial charge in [-0.1, -0.05) is 12.1 Å². The molecule has 25 heteroatoms. The summed E-state index contributed by atoms with van der Waals surface area (Å²) in [5.74, 6) is -2.52. The Balaban J connectivity index is 0.000000180. The van der Waals surface area contributed by atoms with E-state index in [4.69, 9.17) is 46.4 Å². The van der Waals surface area contributed by atoms with Gasteiger partial charge in [0.1, 0.15) is 55.9 Å². The summed E-state index contributed by atoms with van der Waals surface area (Å²) in [7, 11) is -8.55. The second kappa shape index (κ2) is 27.7. The number of carbonyl (C=O) groups excluding carboxylic acids is 4. The molecule has 6 aliphatic rings. The minimum Gasteiger partial charge on any atom is -0.460 e. The van der Waals surface area contributed by atoms with Gasteiger partial charge in [-0.05, 0) is 238 Å². The number of carbonyl (C=O) groups is 4. The largest absolute Gasteiger partial charge is 0.460 e. The molecule has 0 fully saturated rings. The molecule has 4 N–H and O–H groups in total. The van der Waals surface area contributed by atoms with Crippen LogP contribution in [0.2, 0.25) is 0 Å². The van der Waals surface area contributed by atoms with Gasteiger partial charge in [-0.25, -0.2) is 38.9 Å². The average Bonchev–Trinajstić information content (AvgIpc) is 1.38. The van der Waals surface area contributed by atoms with Gasteiger partial charge < -0.3 is 20.9 Å². The molecule has 0 bridgehead atoms. The second-order valence-electron chi connectivity index (χ2n) is 31.1. The minimum atomic E-state index is -2.95. The zero-order valence-corrected chi connectivity index (χ0v) is 63.7. The first kappa shape index (κ1) is 77.8. The van der Waals surface area contributed by atoms with Crippen LogP contribution in [0.15, 0.2) is 119 Å². The molecule has 6 aliphatic heterocycles. The highest BCUT2D eigenvalue weighted by Crippen LogP contribution is 2.52. The van der Waals surface area contributed by atoms with Crippen molar-refractivity contribution in [3.63, 3.8) is 0 Å². The Morgan fingerprint density at radius 2 is 0.824 bits per heavy atom. The van der Waals surface area contributed by atoms with E-state index in [0.717, 1.165) is 0 Å². The number of nitrogens with zero attached hydrogens (tertiary/aromatic N) is 8. The Kier molecular flexibility index (Phi) is 21.1. The lowest BCUT2D eigenvalue weighted by atomic mass is 9.84. The molecule has 6 heterocycles. The van der Waals surface area contributed by atoms with Gasteiger partial charge in [-0.15, -0.1) is 0 Å². The third-order valence-electron chi connectivity index (χ3n) is 20.5. The van der Waals surface area contributed by atoms with Gasteiger partial charge in [0.2, 0.25) is 0 Å². The Morgan fingerprint density at radius 1 is 0.490 bits per heavy atom. The van der Waals surface area contributed by atoms with Gasteiger partial charge in [-0.2, -0.15) is 10.5 Å². The summed E-state index contributed by atoms with van der Waals surface area (Å²) in [4.78, 5) is 66.1. The first-order valence-corrected chi connectivity index (χ1v) is 38.7. The van der Waals surface area contributed by atoms with Crippen LogP contribution in [0.5, 0.6) is 0 Å². The molecule has 0 spiro atoms. The summed E-state index contributed by atoms with van der Waals surface area (Å²) in [6.07, 6.45) is 1.30. The molecule has 0 aromatic heterocycles. The van der Waals surface area contributed by atoms with Crippen molar-refractivity contribution in [2.24, 2.45) is 33.8 Å². The fraction of sp³-hybridized carbons (Fsp3) is 0.494. The number of hydrogen-bond donors (Lipinski definition) is 2. The Labute approximate surface area is 598 Å². The van der Waals surface area contributed by atoms with E-state index < -0.39 is 116 Å². The number of benzene rings is 5. The minimum absolute atomic E-state index is 0.0144. The number of halogens is 3. The number of aryl methyl sites for hydroxylation is 2. The molecular weight excluding hydrogens is 1360 g/mol. The molecule has 102 heavy (non-hydrogen) atoms. The van der Waals surface area contributed by atoms with Crippen LogP contribution in [0, 0.1) is 54.0 Å². The molecule has 0 saturated heterocycles. The molecule has 0 saturated carbocycles. The number of ether oxygens (including phenoxy) is 2. The fourth-order valence-corrected chi connectivity index (χ4v) is 24.6. The van der Waals surface area contributed by atoms with E-state index in [-0.39, 0.29) is 59.8 Å². The highest BCUT2D eigenvalue weighted by molar-refractivity contribution is 7.97. The second-order valence-corrected chi connectivity index (χ2v) is 40.0. The predicted octanol–water partition coefficient (Wildman–Crippen LogP) is 13.7. The molecule has 9 atom stereocenters. The Hall–Kier alpha value is -8.39. The number of nitriles is 2. The van der Waals surface area contributed by atoms with Crippen molar-refractivity contribution in [1.29, 1.82) is 10.5 Å². The maximum atomic E-state index is 15.6. The Morgan fingerprint density at radius 3 is 1.17 bits per heavy atom. The summed E-state index contributed by atoms with van der Waals surface area (Å²) in [5, 5.41) is 16.7. The highest BCUT2D eigenvalue weighted by Gasteiger charge is 2.60. The van der Waals surface area contributed by atoms with Crippen LogP contribution in [0.25, 0.3) is 0 Å². The number of aliphatic imine (C=N–C) groups is 3. The van der Waals surface area contributed by atoms with E-state index in [9.17, 15) is 36.2 Å². The first-order chi connectivity index (χ1) is 47.2. The summed E-state index contributed by atoms with van der Waals surface area (Å²) in [6, 6.07) is 27.3. The van der Waals surface area contributed by atoms with Crippen LogP contribution in [0.1, 0.15) is 207 Å². The number of esters is 2. The monoisotopic (exact) mass is 1450 g/mol. The van der Waals surface area contributed by atoms with Crippen molar-refractivity contribution >= 4 is 75.6 Å². The van der Waals surface area contributed by atoms with E-state index in [1.165, 1.54) is 24.3 Å². The molecular formula is C77H93F3N10O9S3. The van der Waals surface area contributed by atoms with Crippen molar-refractivity contribution in [2.45, 2.75) is 220 Å². The SMILES string of the molecule is CC(C)(C)OC(=O)CC1=N[C@](C)(c2cc(N)ccc2F)[C@@H]2CCN=[S@]2(=O)C1(C)C.Cc1cc(C#N)ccc1C(=O)Cc1ccc(F)c([C@@]2(C)N=C(CC(=O)OC(C)(C)C)C(C)(C)[S@@]3(=O)=NCC[C@@H]23)c1.Cc1cc(C#N)ccc1C(=O)Cc1ccc(F)c([C@@]2(C)N=C(N)C(C)(C)[S@@]3(=O)=NCC[C@@H]23)c1. The van der Waals surface area contributed by atoms with E-state index >= 15 is 8.78 Å². The number of nitrogen functional groups attached to an aromatic ring is 1. The highest BCUT2D eigenvalue weighted by atomic mass is 32.2. The molecule has 5 aromatic carbocycles. The lowest BCUT2D eigenvalue weighted by molar-refractivity contribution is -0.154. The van der Waals surface area contributed by atoms with E-state index in [2.05, 4.69) is 25.2 Å². The van der Waals surface area contributed by atoms with Crippen LogP contribution < -0.4 is 11.5 Å². The number of anilines is 1. The standard InChI is InChI=1S/C31H36FN3O4S.C25H27FN4O2S.C21H30FN3O3S/c1-19-14-21(18-33)8-10-22(19)25(36)16-20-9-11-24(32)23(15-20)31(7)27-12-13-34-40(27,38)30(5,6)26(35-31)17-28(37)39-29(2,3)4;1-15-11-17(14-27)5-7-18(15)21(31)13-16-6-8-20(26)19(12-16)25(4)22-9-10-29-33(22,32)24(2,3)23(28)30-25;1-19(2,3)28-18(26)12-16-20(4,5)29(27)17(9-10-24-29)21(6,25-16)14-11-13(23)7-8-15(14)22/h8-11,14-15,27H,12-13,16-17H2,1-7H3;5-8,11-12,22H,9-10,13H2,1-4H3,(H2,28,30);7-8,11,17H,9-10,12,23H2,1-6H3/t27-,31+,40+;22-,25+,33+;17-,21+,29+/m000/s1. The first-order valence-electron chi connectivity index (χ1n) is 34.0. The summed E-state index contributed by atoms with van der Waals surface area (Å²) in [5.41, 5.74) is 13.8. The van der Waals surface area contributed by atoms with Gasteiger partial charge >= 0.3 is 11.9 Å². The third kappa shape index (κ3) is 14.3. The number of amidine groups is 1. The third-order valence-corrected chi connectivity index (χ3v) is 31.7. The van der Waals surface area contributed by atoms with Crippen LogP contribution in [0.3, 0.4) is 0 Å². The van der Waals surface area contributed by atoms with E-state index in [1.807, 2.05) is 0 Å². The van der Waals surface area contributed by atoms with Crippen LogP contribution in [0.4, 0.5) is 18.9 Å². The topological polar surface area (TPSA) is 312 Å². The summed E-state index contributed by atoms with van der Waals surface area (Å²) >= 11 is 0. The van der Waals surface area contributed by atoms with Crippen LogP contribution in [-0.2, 0) is 77.7 Å². The predicted molar refractivity (Wildman–Crippen MR) is 395 cm³/mol. The van der Waals surface area contributed by atoms with Gasteiger partial charge in [-0.3, -0.25) is 34.2 Å². The molecule has 5 aromatic rings. The summed E-state index contributed by atoms with van der Waals surface area (Å²) < 4.78 is 110. The molecule has 0 radical (unpaired) electrons. The lowest BCUT2D eigenvalue weighted by Crippen LogP contribution is -2.58. The molecule has 0 aliphatic carbocycles. The van der Waals surface area contributed by atoms with Gasteiger partial charge in [0.25, 0.3) is 0 Å². The number of ketones is 2. The van der Waals surface area contributed by atoms with Gasteiger partial charge in [0.05, 0.1) is 90.5 Å². The molecule has 0 unspecified atom stereocenters. The number of hydrogen-bond acceptors (Lipinski definition) is 19. The van der Waals surface area contributed by atoms with E-state index in [1.54, 1.807) is 184 Å². The van der Waals surface area contributed by atoms with Crippen molar-refractivity contribution < 1.29 is 54.4 Å². The quantitative estimate of drug-likeness (QED) is 0.0630. The molecule has 19 nitrogen and oxygen atoms in total. The lowest BCUT2D eigenvalue weighted by Gasteiger charge is -2.46. The maximum absolute atomic E-state index is 15.6. The Bertz CT molecular complexity index is 4910. The number of nitrogens with two attached hydrogens (primary N) is 2. The van der Waals surface area contributed by atoms with Crippen LogP contribution in [-0.4, -0.2) is 114 Å². The smallest absolute Gasteiger partial charge is 0.312 e. The molecule has 0 amide bonds. The zero-order chi connectivity index (χ0) is 75.7. The summed E-state index contributed by atoms with van der Waals surface area (Å²) in [6.45, 7) is 31.4. The van der Waals surface area contributed by atoms with Crippen molar-refractivity contribution in [1.82, 2.24) is 0 Å². The van der Waals surface area contributed by atoms with Crippen molar-refractivity contribution in [3.8, 4) is 12.1 Å². The number of Topliss-reactive ketones (excluding diaryl/α,β-unsaturated/α-hetero) is 2. The molecule has 11 rings (SSSR count). The fourth-order valence-electron chi connectivity index (χ4n) is 14.9. The van der Waals surface area contributed by atoms with Crippen molar-refractivity contribution in [2.75, 3.05) is 25.4 Å². The number of fused-ring (bicyclic) bond motifs is 3. The zero-order valence-electron chi connectivity index (χ0n) is 61.2. The molecule has 544 valence electrons. The average molecular weight is 1460 g/mol. The maximum Gasteiger partial charge on any atom is 0.312 e. The number of rotatable bonds is 13. The van der Waals surface area contributed by atoms with Gasteiger partial charge in [0, 0.05) is 77.4 Å². The normalized spacial score (nSPS) is 27.7. The van der Waals surface area contributed by atoms with Gasteiger partial charge in [0.15, 0.2) is 11.6 Å².